The normalized spacial score (nSPS) is 17.4. The monoisotopic (exact) mass is 415 g/mol. The molecular weight excluding hydrogens is 401 g/mol. The first-order valence-corrected chi connectivity index (χ1v) is 11.6. The van der Waals surface area contributed by atoms with Gasteiger partial charge in [-0.15, -0.1) is 0 Å². The van der Waals surface area contributed by atoms with Crippen LogP contribution in [0.15, 0.2) is 48.5 Å². The van der Waals surface area contributed by atoms with Gasteiger partial charge in [-0.3, -0.25) is 19.5 Å². The molecule has 0 radical (unpaired) electrons. The SMILES string of the molecule is O=C1NC(=O)c2c1c1c3ccccc3n3c1c1c2c2ccccc2n1CP(=O)(O)C3. The first-order chi connectivity index (χ1) is 14.5. The van der Waals surface area contributed by atoms with Crippen molar-refractivity contribution >= 4 is 62.8 Å². The Bertz CT molecular complexity index is 1590. The van der Waals surface area contributed by atoms with Gasteiger partial charge >= 0.3 is 0 Å². The number of hydrogen-bond donors (Lipinski definition) is 2. The summed E-state index contributed by atoms with van der Waals surface area (Å²) in [7, 11) is -3.59. The van der Waals surface area contributed by atoms with Crippen molar-refractivity contribution in [3.05, 3.63) is 59.7 Å². The van der Waals surface area contributed by atoms with E-state index in [0.717, 1.165) is 32.8 Å². The number of hydrogen-bond acceptors (Lipinski definition) is 3. The fraction of sp³-hybridized carbons (Fsp3) is 0.0909. The lowest BCUT2D eigenvalue weighted by atomic mass is 9.97. The summed E-state index contributed by atoms with van der Waals surface area (Å²) in [4.78, 5) is 36.7. The molecule has 30 heavy (non-hydrogen) atoms. The quantitative estimate of drug-likeness (QED) is 0.296. The lowest BCUT2D eigenvalue weighted by Crippen LogP contribution is -2.20. The standard InChI is InChI=1S/C22H14N3O4P/c26-21-17-15-11-5-1-3-7-13(11)24-9-30(28,29)10-25-14-8-4-2-6-12(14)16(20(25)19(15)24)18(17)22(27)23-21/h1-8H,9-10H2,(H,28,29)(H,23,26,27). The fourth-order valence-corrected chi connectivity index (χ4v) is 6.88. The van der Waals surface area contributed by atoms with Crippen molar-refractivity contribution in [1.82, 2.24) is 14.5 Å². The van der Waals surface area contributed by atoms with Crippen molar-refractivity contribution < 1.29 is 19.0 Å². The predicted molar refractivity (Wildman–Crippen MR) is 114 cm³/mol. The minimum Gasteiger partial charge on any atom is -0.342 e. The van der Waals surface area contributed by atoms with E-state index in [2.05, 4.69) is 5.32 Å². The van der Waals surface area contributed by atoms with Gasteiger partial charge in [0.05, 0.1) is 22.2 Å². The maximum absolute atomic E-state index is 13.2. The van der Waals surface area contributed by atoms with E-state index in [9.17, 15) is 19.0 Å². The van der Waals surface area contributed by atoms with Crippen LogP contribution in [0.4, 0.5) is 0 Å². The number of nitrogens with one attached hydrogen (secondary N) is 1. The van der Waals surface area contributed by atoms with Gasteiger partial charge in [0, 0.05) is 32.6 Å². The van der Waals surface area contributed by atoms with Crippen molar-refractivity contribution in [3.8, 4) is 0 Å². The second-order valence-corrected chi connectivity index (χ2v) is 10.3. The highest BCUT2D eigenvalue weighted by Crippen LogP contribution is 2.54. The Hall–Kier alpha value is -3.41. The molecule has 0 bridgehead atoms. The van der Waals surface area contributed by atoms with Crippen LogP contribution in [-0.4, -0.2) is 25.8 Å². The Morgan fingerprint density at radius 3 is 1.67 bits per heavy atom. The summed E-state index contributed by atoms with van der Waals surface area (Å²) < 4.78 is 16.9. The molecule has 8 heteroatoms. The summed E-state index contributed by atoms with van der Waals surface area (Å²) in [5.41, 5.74) is 3.74. The van der Waals surface area contributed by atoms with Gasteiger partial charge in [-0.1, -0.05) is 36.4 Å². The molecule has 146 valence electrons. The van der Waals surface area contributed by atoms with Crippen molar-refractivity contribution in [2.24, 2.45) is 0 Å². The first-order valence-electron chi connectivity index (χ1n) is 9.60. The molecule has 0 aliphatic carbocycles. The van der Waals surface area contributed by atoms with Gasteiger partial charge < -0.3 is 14.0 Å². The minimum atomic E-state index is -3.59. The third-order valence-corrected chi connectivity index (χ3v) is 7.77. The maximum atomic E-state index is 13.2. The number of para-hydroxylation sites is 2. The van der Waals surface area contributed by atoms with E-state index in [1.807, 2.05) is 57.7 Å². The molecule has 0 fully saturated rings. The number of nitrogens with zero attached hydrogens (tertiary/aromatic N) is 2. The van der Waals surface area contributed by atoms with Crippen LogP contribution in [0.1, 0.15) is 20.7 Å². The highest BCUT2D eigenvalue weighted by molar-refractivity contribution is 7.55. The lowest BCUT2D eigenvalue weighted by Gasteiger charge is -2.12. The molecule has 7 rings (SSSR count). The van der Waals surface area contributed by atoms with Crippen LogP contribution < -0.4 is 5.32 Å². The van der Waals surface area contributed by atoms with Crippen molar-refractivity contribution in [3.63, 3.8) is 0 Å². The third-order valence-electron chi connectivity index (χ3n) is 6.32. The van der Waals surface area contributed by atoms with Crippen LogP contribution in [0.25, 0.3) is 43.6 Å². The number of imide groups is 1. The molecule has 2 aliphatic rings. The van der Waals surface area contributed by atoms with E-state index in [1.54, 1.807) is 0 Å². The molecule has 3 aromatic carbocycles. The molecule has 0 spiro atoms. The maximum Gasteiger partial charge on any atom is 0.259 e. The zero-order valence-electron chi connectivity index (χ0n) is 15.5. The van der Waals surface area contributed by atoms with Gasteiger partial charge in [-0.2, -0.15) is 0 Å². The molecule has 0 atom stereocenters. The topological polar surface area (TPSA) is 93.3 Å². The Labute approximate surface area is 168 Å². The molecule has 5 aromatic rings. The number of amides is 2. The molecule has 2 aliphatic heterocycles. The Morgan fingerprint density at radius 2 is 1.20 bits per heavy atom. The van der Waals surface area contributed by atoms with Gasteiger partial charge in [0.1, 0.15) is 12.6 Å². The number of carbonyl (C=O) groups is 2. The molecule has 0 saturated heterocycles. The summed E-state index contributed by atoms with van der Waals surface area (Å²) in [6.07, 6.45) is -0.0903. The Balaban J connectivity index is 1.94. The molecule has 2 aromatic heterocycles. The fourth-order valence-electron chi connectivity index (χ4n) is 5.32. The number of benzene rings is 3. The number of fused-ring (bicyclic) bond motifs is 9. The van der Waals surface area contributed by atoms with Gasteiger partial charge in [0.25, 0.3) is 11.8 Å². The Morgan fingerprint density at radius 1 is 0.767 bits per heavy atom. The van der Waals surface area contributed by atoms with Gasteiger partial charge in [-0.25, -0.2) is 0 Å². The van der Waals surface area contributed by atoms with E-state index >= 15 is 0 Å². The van der Waals surface area contributed by atoms with E-state index in [1.165, 1.54) is 0 Å². The largest absolute Gasteiger partial charge is 0.342 e. The second-order valence-electron chi connectivity index (χ2n) is 8.00. The van der Waals surface area contributed by atoms with Crippen LogP contribution in [0.2, 0.25) is 0 Å². The molecule has 7 nitrogen and oxygen atoms in total. The highest BCUT2D eigenvalue weighted by Gasteiger charge is 2.39. The summed E-state index contributed by atoms with van der Waals surface area (Å²) in [6, 6.07) is 15.1. The van der Waals surface area contributed by atoms with E-state index in [-0.39, 0.29) is 12.6 Å². The lowest BCUT2D eigenvalue weighted by molar-refractivity contribution is 0.0880. The molecule has 2 amide bonds. The van der Waals surface area contributed by atoms with E-state index in [4.69, 9.17) is 0 Å². The summed E-state index contributed by atoms with van der Waals surface area (Å²) >= 11 is 0. The van der Waals surface area contributed by atoms with Gasteiger partial charge in [0.2, 0.25) is 7.37 Å². The van der Waals surface area contributed by atoms with Crippen molar-refractivity contribution in [2.75, 3.05) is 0 Å². The number of aromatic nitrogens is 2. The average Bonchev–Trinajstić information content (AvgIpc) is 3.27. The number of rotatable bonds is 0. The van der Waals surface area contributed by atoms with Crippen LogP contribution in [0, 0.1) is 0 Å². The zero-order chi connectivity index (χ0) is 20.4. The smallest absolute Gasteiger partial charge is 0.259 e. The summed E-state index contributed by atoms with van der Waals surface area (Å²) in [5, 5.41) is 5.40. The van der Waals surface area contributed by atoms with Gasteiger partial charge in [0.15, 0.2) is 0 Å². The minimum absolute atomic E-state index is 0.0452. The molecule has 2 N–H and O–H groups in total. The average molecular weight is 415 g/mol. The molecule has 4 heterocycles. The number of carbonyl (C=O) groups excluding carboxylic acids is 2. The van der Waals surface area contributed by atoms with Gasteiger partial charge in [-0.05, 0) is 12.1 Å². The van der Waals surface area contributed by atoms with Crippen molar-refractivity contribution in [1.29, 1.82) is 0 Å². The highest BCUT2D eigenvalue weighted by atomic mass is 31.2. The summed E-state index contributed by atoms with van der Waals surface area (Å²) in [6.45, 7) is 0. The zero-order valence-corrected chi connectivity index (χ0v) is 16.4. The van der Waals surface area contributed by atoms with Crippen LogP contribution in [0.3, 0.4) is 0 Å². The predicted octanol–water partition coefficient (Wildman–Crippen LogP) is 3.99. The van der Waals surface area contributed by atoms with Crippen LogP contribution in [0.5, 0.6) is 0 Å². The Kier molecular flexibility index (Phi) is 2.74. The molecule has 0 unspecified atom stereocenters. The van der Waals surface area contributed by atoms with Crippen LogP contribution >= 0.6 is 7.37 Å². The second kappa shape index (κ2) is 5.01. The van der Waals surface area contributed by atoms with Crippen molar-refractivity contribution in [2.45, 2.75) is 12.6 Å². The summed E-state index contributed by atoms with van der Waals surface area (Å²) in [5.74, 6) is -0.846. The molecule has 0 saturated carbocycles. The third kappa shape index (κ3) is 1.74. The van der Waals surface area contributed by atoms with Crippen LogP contribution in [-0.2, 0) is 17.1 Å². The van der Waals surface area contributed by atoms with E-state index < -0.39 is 19.2 Å². The molecular formula is C22H14N3O4P. The van der Waals surface area contributed by atoms with E-state index in [0.29, 0.717) is 21.9 Å². The first kappa shape index (κ1) is 16.4.